The van der Waals surface area contributed by atoms with Crippen molar-refractivity contribution in [2.75, 3.05) is 18.1 Å². The predicted octanol–water partition coefficient (Wildman–Crippen LogP) is 3.25. The number of hydrogen-bond acceptors (Lipinski definition) is 3. The van der Waals surface area contributed by atoms with Crippen LogP contribution in [-0.2, 0) is 16.6 Å². The monoisotopic (exact) mass is 291 g/mol. The minimum absolute atomic E-state index is 0.0333. The molecule has 1 aromatic rings. The number of rotatable bonds is 2. The summed E-state index contributed by atoms with van der Waals surface area (Å²) in [6.45, 7) is 10.2. The second-order valence-electron chi connectivity index (χ2n) is 7.24. The molecule has 1 amide bonds. The standard InChI is InChI=1S/C17H25NO3/c1-16(2,3)21-15(20)18-10-9-12-7-6-8-13(14(12)18)17(4,5)11-19/h6-8,19H,9-11H2,1-5H3. The fraction of sp³-hybridized carbons (Fsp3) is 0.588. The van der Waals surface area contributed by atoms with Crippen LogP contribution < -0.4 is 4.90 Å². The number of aliphatic hydroxyl groups excluding tert-OH is 1. The number of carbonyl (C=O) groups is 1. The zero-order valence-electron chi connectivity index (χ0n) is 13.6. The van der Waals surface area contributed by atoms with Crippen LogP contribution in [0.4, 0.5) is 10.5 Å². The molecule has 1 aliphatic heterocycles. The number of hydrogen-bond donors (Lipinski definition) is 1. The van der Waals surface area contributed by atoms with Gasteiger partial charge < -0.3 is 9.84 Å². The highest BCUT2D eigenvalue weighted by Crippen LogP contribution is 2.39. The van der Waals surface area contributed by atoms with Gasteiger partial charge in [-0.2, -0.15) is 0 Å². The number of aliphatic hydroxyl groups is 1. The number of benzene rings is 1. The Morgan fingerprint density at radius 2 is 1.95 bits per heavy atom. The molecule has 0 aromatic heterocycles. The molecule has 0 saturated carbocycles. The zero-order chi connectivity index (χ0) is 15.8. The van der Waals surface area contributed by atoms with Gasteiger partial charge in [0.25, 0.3) is 0 Å². The number of nitrogens with zero attached hydrogens (tertiary/aromatic N) is 1. The van der Waals surface area contributed by atoms with E-state index in [4.69, 9.17) is 4.74 Å². The minimum atomic E-state index is -0.513. The molecule has 1 aromatic carbocycles. The van der Waals surface area contributed by atoms with Gasteiger partial charge in [-0.3, -0.25) is 4.90 Å². The number of amides is 1. The first-order valence-electron chi connectivity index (χ1n) is 7.39. The van der Waals surface area contributed by atoms with Crippen molar-refractivity contribution in [2.24, 2.45) is 0 Å². The lowest BCUT2D eigenvalue weighted by molar-refractivity contribution is 0.0583. The van der Waals surface area contributed by atoms with Gasteiger partial charge >= 0.3 is 6.09 Å². The van der Waals surface area contributed by atoms with Crippen molar-refractivity contribution >= 4 is 11.8 Å². The smallest absolute Gasteiger partial charge is 0.414 e. The largest absolute Gasteiger partial charge is 0.443 e. The average Bonchev–Trinajstić information content (AvgIpc) is 2.80. The van der Waals surface area contributed by atoms with Gasteiger partial charge in [-0.25, -0.2) is 4.79 Å². The molecule has 0 saturated heterocycles. The normalized spacial score (nSPS) is 15.0. The quantitative estimate of drug-likeness (QED) is 0.910. The van der Waals surface area contributed by atoms with Crippen molar-refractivity contribution in [1.82, 2.24) is 0 Å². The van der Waals surface area contributed by atoms with Crippen molar-refractivity contribution < 1.29 is 14.6 Å². The Labute approximate surface area is 126 Å². The summed E-state index contributed by atoms with van der Waals surface area (Å²) in [6, 6.07) is 6.01. The van der Waals surface area contributed by atoms with Gasteiger partial charge in [0.2, 0.25) is 0 Å². The Kier molecular flexibility index (Phi) is 4.02. The summed E-state index contributed by atoms with van der Waals surface area (Å²) >= 11 is 0. The van der Waals surface area contributed by atoms with Gasteiger partial charge in [0.15, 0.2) is 0 Å². The van der Waals surface area contributed by atoms with E-state index in [1.807, 2.05) is 52.8 Å². The Morgan fingerprint density at radius 3 is 2.52 bits per heavy atom. The first kappa shape index (κ1) is 15.8. The van der Waals surface area contributed by atoms with Gasteiger partial charge in [-0.1, -0.05) is 32.0 Å². The molecule has 4 heteroatoms. The third kappa shape index (κ3) is 3.21. The third-order valence-electron chi connectivity index (χ3n) is 3.73. The van der Waals surface area contributed by atoms with Crippen LogP contribution in [0.5, 0.6) is 0 Å². The van der Waals surface area contributed by atoms with Crippen molar-refractivity contribution in [3.8, 4) is 0 Å². The Morgan fingerprint density at radius 1 is 1.29 bits per heavy atom. The molecular weight excluding hydrogens is 266 g/mol. The Balaban J connectivity index is 2.41. The molecule has 1 heterocycles. The van der Waals surface area contributed by atoms with E-state index in [9.17, 15) is 9.90 Å². The molecule has 116 valence electrons. The van der Waals surface area contributed by atoms with Crippen molar-refractivity contribution in [3.05, 3.63) is 29.3 Å². The lowest BCUT2D eigenvalue weighted by Gasteiger charge is -2.30. The fourth-order valence-electron chi connectivity index (χ4n) is 2.59. The first-order valence-corrected chi connectivity index (χ1v) is 7.39. The summed E-state index contributed by atoms with van der Waals surface area (Å²) in [5.41, 5.74) is 2.13. The van der Waals surface area contributed by atoms with Gasteiger partial charge in [0.1, 0.15) is 5.60 Å². The number of fused-ring (bicyclic) bond motifs is 1. The molecule has 0 aliphatic carbocycles. The third-order valence-corrected chi connectivity index (χ3v) is 3.73. The molecular formula is C17H25NO3. The molecule has 1 aliphatic rings. The van der Waals surface area contributed by atoms with E-state index < -0.39 is 11.0 Å². The van der Waals surface area contributed by atoms with Crippen LogP contribution in [0.2, 0.25) is 0 Å². The van der Waals surface area contributed by atoms with Crippen LogP contribution in [-0.4, -0.2) is 30.0 Å². The number of anilines is 1. The van der Waals surface area contributed by atoms with E-state index in [2.05, 4.69) is 0 Å². The Hall–Kier alpha value is -1.55. The first-order chi connectivity index (χ1) is 9.65. The molecule has 4 nitrogen and oxygen atoms in total. The summed E-state index contributed by atoms with van der Waals surface area (Å²) in [5, 5.41) is 9.66. The highest BCUT2D eigenvalue weighted by Gasteiger charge is 2.34. The van der Waals surface area contributed by atoms with E-state index in [-0.39, 0.29) is 12.7 Å². The van der Waals surface area contributed by atoms with Crippen molar-refractivity contribution in [3.63, 3.8) is 0 Å². The van der Waals surface area contributed by atoms with Crippen LogP contribution in [0.25, 0.3) is 0 Å². The fourth-order valence-corrected chi connectivity index (χ4v) is 2.59. The molecule has 0 fully saturated rings. The van der Waals surface area contributed by atoms with E-state index in [0.29, 0.717) is 6.54 Å². The average molecular weight is 291 g/mol. The molecule has 0 radical (unpaired) electrons. The van der Waals surface area contributed by atoms with Crippen LogP contribution in [0.1, 0.15) is 45.7 Å². The van der Waals surface area contributed by atoms with E-state index in [1.54, 1.807) is 4.90 Å². The summed E-state index contributed by atoms with van der Waals surface area (Å²) in [7, 11) is 0. The van der Waals surface area contributed by atoms with Crippen LogP contribution in [0.3, 0.4) is 0 Å². The van der Waals surface area contributed by atoms with E-state index in [0.717, 1.165) is 23.2 Å². The van der Waals surface area contributed by atoms with Crippen LogP contribution >= 0.6 is 0 Å². The van der Waals surface area contributed by atoms with Crippen molar-refractivity contribution in [2.45, 2.75) is 52.1 Å². The molecule has 1 N–H and O–H groups in total. The highest BCUT2D eigenvalue weighted by molar-refractivity contribution is 5.92. The topological polar surface area (TPSA) is 49.8 Å². The maximum Gasteiger partial charge on any atom is 0.414 e. The van der Waals surface area contributed by atoms with Gasteiger partial charge in [-0.05, 0) is 38.3 Å². The van der Waals surface area contributed by atoms with E-state index >= 15 is 0 Å². The lowest BCUT2D eigenvalue weighted by atomic mass is 9.83. The zero-order valence-corrected chi connectivity index (χ0v) is 13.6. The Bertz CT molecular complexity index is 543. The number of ether oxygens (including phenoxy) is 1. The maximum absolute atomic E-state index is 12.4. The molecule has 2 rings (SSSR count). The summed E-state index contributed by atoms with van der Waals surface area (Å²) in [6.07, 6.45) is 0.506. The van der Waals surface area contributed by atoms with Crippen LogP contribution in [0, 0.1) is 0 Å². The van der Waals surface area contributed by atoms with Crippen LogP contribution in [0.15, 0.2) is 18.2 Å². The molecule has 0 spiro atoms. The highest BCUT2D eigenvalue weighted by atomic mass is 16.6. The van der Waals surface area contributed by atoms with E-state index in [1.165, 1.54) is 0 Å². The number of carbonyl (C=O) groups excluding carboxylic acids is 1. The van der Waals surface area contributed by atoms with Gasteiger partial charge in [0.05, 0.1) is 12.3 Å². The van der Waals surface area contributed by atoms with Gasteiger partial charge in [-0.15, -0.1) is 0 Å². The SMILES string of the molecule is CC(C)(C)OC(=O)N1CCc2cccc(C(C)(C)CO)c21. The maximum atomic E-state index is 12.4. The predicted molar refractivity (Wildman–Crippen MR) is 83.8 cm³/mol. The molecule has 21 heavy (non-hydrogen) atoms. The molecule has 0 atom stereocenters. The molecule has 0 bridgehead atoms. The van der Waals surface area contributed by atoms with Crippen molar-refractivity contribution in [1.29, 1.82) is 0 Å². The second kappa shape index (κ2) is 5.34. The number of para-hydroxylation sites is 1. The summed E-state index contributed by atoms with van der Waals surface area (Å²) < 4.78 is 5.50. The second-order valence-corrected chi connectivity index (χ2v) is 7.24. The summed E-state index contributed by atoms with van der Waals surface area (Å²) in [4.78, 5) is 14.1. The van der Waals surface area contributed by atoms with Gasteiger partial charge in [0, 0.05) is 12.0 Å². The molecule has 0 unspecified atom stereocenters. The lowest BCUT2D eigenvalue weighted by Crippen LogP contribution is -2.37. The minimum Gasteiger partial charge on any atom is -0.443 e. The summed E-state index contributed by atoms with van der Waals surface area (Å²) in [5.74, 6) is 0.